The molecule has 3 rings (SSSR count). The number of carbonyl (C=O) groups excluding carboxylic acids is 2. The number of fused-ring (bicyclic) bond motifs is 1. The summed E-state index contributed by atoms with van der Waals surface area (Å²) in [6.07, 6.45) is 3.41. The lowest BCUT2D eigenvalue weighted by Gasteiger charge is -2.08. The Morgan fingerprint density at radius 1 is 1.15 bits per heavy atom. The minimum Gasteiger partial charge on any atom is -0.461 e. The molecule has 0 aliphatic heterocycles. The molecule has 0 aliphatic carbocycles. The highest BCUT2D eigenvalue weighted by molar-refractivity contribution is 8.00. The summed E-state index contributed by atoms with van der Waals surface area (Å²) in [5.41, 5.74) is 0.763. The summed E-state index contributed by atoms with van der Waals surface area (Å²) in [6.45, 7) is 2.58. The molecule has 3 aromatic rings. The molecule has 0 radical (unpaired) electrons. The van der Waals surface area contributed by atoms with E-state index in [0.29, 0.717) is 23.2 Å². The second-order valence-corrected chi connectivity index (χ2v) is 6.76. The molecule has 0 fully saturated rings. The highest BCUT2D eigenvalue weighted by atomic mass is 32.2. The quantitative estimate of drug-likeness (QED) is 0.367. The van der Waals surface area contributed by atoms with Gasteiger partial charge in [-0.25, -0.2) is 14.8 Å². The van der Waals surface area contributed by atoms with Gasteiger partial charge in [-0.05, 0) is 24.6 Å². The van der Waals surface area contributed by atoms with Crippen LogP contribution in [0, 0.1) is 0 Å². The monoisotopic (exact) mass is 384 g/mol. The molecule has 0 atom stereocenters. The number of hydrogen-bond donors (Lipinski definition) is 2. The number of amides is 3. The normalized spacial score (nSPS) is 10.7. The van der Waals surface area contributed by atoms with Crippen molar-refractivity contribution < 1.29 is 14.0 Å². The van der Waals surface area contributed by atoms with Gasteiger partial charge in [-0.15, -0.1) is 0 Å². The molecule has 140 valence electrons. The van der Waals surface area contributed by atoms with Crippen molar-refractivity contribution in [3.8, 4) is 11.6 Å². The number of carbonyl (C=O) groups is 2. The molecule has 2 N–H and O–H groups in total. The lowest BCUT2D eigenvalue weighted by Crippen LogP contribution is -2.40. The van der Waals surface area contributed by atoms with Crippen LogP contribution in [0.25, 0.3) is 22.5 Å². The van der Waals surface area contributed by atoms with Crippen LogP contribution in [0.4, 0.5) is 4.79 Å². The maximum Gasteiger partial charge on any atom is 0.321 e. The predicted molar refractivity (Wildman–Crippen MR) is 104 cm³/mol. The van der Waals surface area contributed by atoms with E-state index >= 15 is 0 Å². The molecule has 0 aliphatic rings. The van der Waals surface area contributed by atoms with Gasteiger partial charge in [0.2, 0.25) is 5.91 Å². The van der Waals surface area contributed by atoms with Gasteiger partial charge in [0, 0.05) is 11.9 Å². The Labute approximate surface area is 161 Å². The fourth-order valence-electron chi connectivity index (χ4n) is 2.39. The summed E-state index contributed by atoms with van der Waals surface area (Å²) in [7, 11) is 0. The first-order chi connectivity index (χ1) is 13.2. The fraction of sp³-hybridized carbons (Fsp3) is 0.263. The van der Waals surface area contributed by atoms with E-state index in [0.717, 1.165) is 23.7 Å². The minimum absolute atomic E-state index is 0.0692. The van der Waals surface area contributed by atoms with E-state index in [1.807, 2.05) is 31.2 Å². The van der Waals surface area contributed by atoms with E-state index in [9.17, 15) is 9.59 Å². The zero-order chi connectivity index (χ0) is 19.1. The van der Waals surface area contributed by atoms with Crippen LogP contribution in [0.15, 0.2) is 52.1 Å². The van der Waals surface area contributed by atoms with E-state index in [2.05, 4.69) is 20.6 Å². The third-order valence-electron chi connectivity index (χ3n) is 3.72. The van der Waals surface area contributed by atoms with Crippen molar-refractivity contribution in [2.45, 2.75) is 24.8 Å². The summed E-state index contributed by atoms with van der Waals surface area (Å²) in [6, 6.07) is 10.6. The molecule has 0 spiro atoms. The molecule has 8 heteroatoms. The number of hydrogen-bond acceptors (Lipinski definition) is 6. The zero-order valence-electron chi connectivity index (χ0n) is 14.9. The van der Waals surface area contributed by atoms with Crippen molar-refractivity contribution in [1.82, 2.24) is 20.6 Å². The molecule has 2 aromatic heterocycles. The van der Waals surface area contributed by atoms with Gasteiger partial charge in [0.25, 0.3) is 0 Å². The number of para-hydroxylation sites is 1. The maximum atomic E-state index is 12.1. The van der Waals surface area contributed by atoms with Crippen molar-refractivity contribution in [3.63, 3.8) is 0 Å². The number of urea groups is 1. The molecule has 2 heterocycles. The molecule has 7 nitrogen and oxygen atoms in total. The van der Waals surface area contributed by atoms with E-state index < -0.39 is 6.03 Å². The van der Waals surface area contributed by atoms with Crippen LogP contribution in [0.2, 0.25) is 0 Å². The third-order valence-corrected chi connectivity index (χ3v) is 4.71. The smallest absolute Gasteiger partial charge is 0.321 e. The van der Waals surface area contributed by atoms with Crippen LogP contribution >= 0.6 is 11.8 Å². The fourth-order valence-corrected chi connectivity index (χ4v) is 3.21. The van der Waals surface area contributed by atoms with Gasteiger partial charge >= 0.3 is 6.03 Å². The second-order valence-electron chi connectivity index (χ2n) is 5.79. The molecule has 0 unspecified atom stereocenters. The van der Waals surface area contributed by atoms with Crippen LogP contribution in [0.1, 0.15) is 19.8 Å². The largest absolute Gasteiger partial charge is 0.461 e. The SMILES string of the molecule is CCCCNC(=O)NC(=O)CSc1nc(-c2ccco2)nc2ccccc12. The number of aromatic nitrogens is 2. The van der Waals surface area contributed by atoms with Crippen LogP contribution in [-0.4, -0.2) is 34.2 Å². The number of furan rings is 1. The summed E-state index contributed by atoms with van der Waals surface area (Å²) in [4.78, 5) is 32.8. The van der Waals surface area contributed by atoms with Gasteiger partial charge in [-0.3, -0.25) is 10.1 Å². The number of thioether (sulfide) groups is 1. The number of rotatable bonds is 7. The number of imide groups is 1. The molecule has 0 bridgehead atoms. The highest BCUT2D eigenvalue weighted by Crippen LogP contribution is 2.28. The Morgan fingerprint density at radius 3 is 2.78 bits per heavy atom. The lowest BCUT2D eigenvalue weighted by molar-refractivity contribution is -0.117. The Hall–Kier alpha value is -2.87. The van der Waals surface area contributed by atoms with Crippen LogP contribution in [0.3, 0.4) is 0 Å². The topological polar surface area (TPSA) is 97.1 Å². The molecule has 27 heavy (non-hydrogen) atoms. The average molecular weight is 384 g/mol. The summed E-state index contributed by atoms with van der Waals surface area (Å²) in [5, 5.41) is 6.49. The first kappa shape index (κ1) is 18.9. The molecular weight excluding hydrogens is 364 g/mol. The Bertz CT molecular complexity index is 928. The van der Waals surface area contributed by atoms with Crippen molar-refractivity contribution >= 4 is 34.6 Å². The molecule has 1 aromatic carbocycles. The summed E-state index contributed by atoms with van der Waals surface area (Å²) < 4.78 is 5.38. The van der Waals surface area contributed by atoms with Crippen molar-refractivity contribution in [3.05, 3.63) is 42.7 Å². The molecule has 0 saturated heterocycles. The van der Waals surface area contributed by atoms with Gasteiger partial charge in [-0.2, -0.15) is 0 Å². The molecule has 0 saturated carbocycles. The maximum absolute atomic E-state index is 12.1. The van der Waals surface area contributed by atoms with Crippen LogP contribution in [0.5, 0.6) is 0 Å². The van der Waals surface area contributed by atoms with Gasteiger partial charge < -0.3 is 9.73 Å². The van der Waals surface area contributed by atoms with E-state index in [4.69, 9.17) is 4.42 Å². The first-order valence-electron chi connectivity index (χ1n) is 8.68. The van der Waals surface area contributed by atoms with Crippen LogP contribution < -0.4 is 10.6 Å². The Kier molecular flexibility index (Phi) is 6.43. The summed E-state index contributed by atoms with van der Waals surface area (Å²) >= 11 is 1.25. The van der Waals surface area contributed by atoms with Crippen LogP contribution in [-0.2, 0) is 4.79 Å². The van der Waals surface area contributed by atoms with Crippen molar-refractivity contribution in [1.29, 1.82) is 0 Å². The second kappa shape index (κ2) is 9.18. The number of nitrogens with zero attached hydrogens (tertiary/aromatic N) is 2. The lowest BCUT2D eigenvalue weighted by atomic mass is 10.2. The average Bonchev–Trinajstić information content (AvgIpc) is 3.21. The van der Waals surface area contributed by atoms with Gasteiger partial charge in [0.15, 0.2) is 11.6 Å². The van der Waals surface area contributed by atoms with Gasteiger partial charge in [0.1, 0.15) is 5.03 Å². The number of nitrogens with one attached hydrogen (secondary N) is 2. The third kappa shape index (κ3) is 5.07. The highest BCUT2D eigenvalue weighted by Gasteiger charge is 2.14. The van der Waals surface area contributed by atoms with Gasteiger partial charge in [0.05, 0.1) is 17.5 Å². The van der Waals surface area contributed by atoms with Crippen molar-refractivity contribution in [2.24, 2.45) is 0 Å². The van der Waals surface area contributed by atoms with Crippen molar-refractivity contribution in [2.75, 3.05) is 12.3 Å². The number of benzene rings is 1. The standard InChI is InChI=1S/C19H20N4O3S/c1-2-3-10-20-19(25)22-16(24)12-27-18-13-7-4-5-8-14(13)21-17(23-18)15-9-6-11-26-15/h4-9,11H,2-3,10,12H2,1H3,(H2,20,22,24,25). The summed E-state index contributed by atoms with van der Waals surface area (Å²) in [5.74, 6) is 0.706. The van der Waals surface area contributed by atoms with E-state index in [-0.39, 0.29) is 11.7 Å². The number of unbranched alkanes of at least 4 members (excludes halogenated alkanes) is 1. The van der Waals surface area contributed by atoms with E-state index in [1.54, 1.807) is 18.4 Å². The molecule has 3 amide bonds. The first-order valence-corrected chi connectivity index (χ1v) is 9.67. The van der Waals surface area contributed by atoms with Gasteiger partial charge in [-0.1, -0.05) is 43.3 Å². The zero-order valence-corrected chi connectivity index (χ0v) is 15.7. The Morgan fingerprint density at radius 2 is 2.00 bits per heavy atom. The van der Waals surface area contributed by atoms with E-state index in [1.165, 1.54) is 11.8 Å². The Balaban J connectivity index is 1.70. The minimum atomic E-state index is -0.474. The molecular formula is C19H20N4O3S. The predicted octanol–water partition coefficient (Wildman–Crippen LogP) is 3.61.